The normalized spacial score (nSPS) is 9.88. The van der Waals surface area contributed by atoms with Crippen molar-refractivity contribution in [3.05, 3.63) is 41.7 Å². The number of aliphatic hydroxyl groups excluding tert-OH is 1. The Bertz CT molecular complexity index is 365. The first-order valence-electron chi connectivity index (χ1n) is 4.81. The van der Waals surface area contributed by atoms with Crippen LogP contribution in [0, 0.1) is 0 Å². The molecule has 0 bridgehead atoms. The Kier molecular flexibility index (Phi) is 4.95. The van der Waals surface area contributed by atoms with Crippen molar-refractivity contribution in [2.45, 2.75) is 0 Å². The first kappa shape index (κ1) is 12.7. The first-order valence-corrected chi connectivity index (χ1v) is 5.19. The summed E-state index contributed by atoms with van der Waals surface area (Å²) >= 11 is 5.63. The Balaban J connectivity index is 2.80. The molecule has 0 aliphatic carbocycles. The quantitative estimate of drug-likeness (QED) is 0.625. The number of rotatable bonds is 5. The van der Waals surface area contributed by atoms with Gasteiger partial charge in [-0.15, -0.1) is 6.58 Å². The minimum absolute atomic E-state index is 0.0827. The summed E-state index contributed by atoms with van der Waals surface area (Å²) in [7, 11) is 0. The molecule has 86 valence electrons. The third kappa shape index (κ3) is 3.32. The summed E-state index contributed by atoms with van der Waals surface area (Å²) in [5, 5.41) is 9.18. The van der Waals surface area contributed by atoms with Crippen LogP contribution in [-0.2, 0) is 0 Å². The molecule has 0 spiro atoms. The lowest BCUT2D eigenvalue weighted by Crippen LogP contribution is -2.33. The number of carbonyl (C=O) groups excluding carboxylic acids is 1. The van der Waals surface area contributed by atoms with E-state index in [0.29, 0.717) is 17.3 Å². The maximum absolute atomic E-state index is 11.9. The highest BCUT2D eigenvalue weighted by Gasteiger charge is 2.13. The van der Waals surface area contributed by atoms with Gasteiger partial charge in [-0.2, -0.15) is 0 Å². The number of amides is 1. The van der Waals surface area contributed by atoms with Gasteiger partial charge in [0.25, 0.3) is 5.91 Å². The molecule has 0 aromatic carbocycles. The first-order chi connectivity index (χ1) is 7.69. The molecule has 1 heterocycles. The lowest BCUT2D eigenvalue weighted by molar-refractivity contribution is 0.0742. The molecule has 0 unspecified atom stereocenters. The number of pyridine rings is 1. The second-order valence-electron chi connectivity index (χ2n) is 3.13. The number of hydrogen-bond donors (Lipinski definition) is 1. The summed E-state index contributed by atoms with van der Waals surface area (Å²) < 4.78 is 0. The maximum atomic E-state index is 11.9. The van der Waals surface area contributed by atoms with Gasteiger partial charge in [0.2, 0.25) is 0 Å². The van der Waals surface area contributed by atoms with Gasteiger partial charge in [0, 0.05) is 19.3 Å². The number of aliphatic hydroxyl groups is 1. The van der Waals surface area contributed by atoms with Crippen molar-refractivity contribution in [2.75, 3.05) is 19.7 Å². The molecule has 0 aliphatic rings. The number of nitrogens with zero attached hydrogens (tertiary/aromatic N) is 2. The highest BCUT2D eigenvalue weighted by molar-refractivity contribution is 6.29. The molecule has 0 fully saturated rings. The van der Waals surface area contributed by atoms with Gasteiger partial charge < -0.3 is 10.0 Å². The number of halogens is 1. The molecule has 0 radical (unpaired) electrons. The van der Waals surface area contributed by atoms with E-state index in [1.807, 2.05) is 0 Å². The van der Waals surface area contributed by atoms with Gasteiger partial charge in [-0.3, -0.25) is 4.79 Å². The minimum atomic E-state index is -0.196. The topological polar surface area (TPSA) is 53.4 Å². The van der Waals surface area contributed by atoms with Crippen LogP contribution >= 0.6 is 11.6 Å². The molecule has 0 aliphatic heterocycles. The van der Waals surface area contributed by atoms with E-state index in [0.717, 1.165) is 0 Å². The minimum Gasteiger partial charge on any atom is -0.395 e. The molecule has 1 aromatic heterocycles. The Morgan fingerprint density at radius 2 is 2.38 bits per heavy atom. The standard InChI is InChI=1S/C11H13ClN2O2/c1-2-5-14(6-7-15)11(16)9-3-4-10(12)13-8-9/h2-4,8,15H,1,5-7H2. The van der Waals surface area contributed by atoms with Crippen LogP contribution in [0.15, 0.2) is 31.0 Å². The summed E-state index contributed by atoms with van der Waals surface area (Å²) in [4.78, 5) is 17.2. The molecule has 1 amide bonds. The van der Waals surface area contributed by atoms with Crippen LogP contribution in [-0.4, -0.2) is 40.6 Å². The van der Waals surface area contributed by atoms with Gasteiger partial charge in [-0.05, 0) is 12.1 Å². The number of hydrogen-bond acceptors (Lipinski definition) is 3. The van der Waals surface area contributed by atoms with Crippen LogP contribution < -0.4 is 0 Å². The monoisotopic (exact) mass is 240 g/mol. The molecule has 5 heteroatoms. The van der Waals surface area contributed by atoms with E-state index >= 15 is 0 Å². The molecule has 1 aromatic rings. The fraction of sp³-hybridized carbons (Fsp3) is 0.273. The maximum Gasteiger partial charge on any atom is 0.255 e. The lowest BCUT2D eigenvalue weighted by Gasteiger charge is -2.19. The van der Waals surface area contributed by atoms with Crippen molar-refractivity contribution in [1.82, 2.24) is 9.88 Å². The van der Waals surface area contributed by atoms with Crippen LogP contribution in [0.1, 0.15) is 10.4 Å². The van der Waals surface area contributed by atoms with E-state index < -0.39 is 0 Å². The molecule has 0 saturated carbocycles. The Labute approximate surface area is 99.2 Å². The van der Waals surface area contributed by atoms with Crippen molar-refractivity contribution < 1.29 is 9.90 Å². The summed E-state index contributed by atoms with van der Waals surface area (Å²) in [6.07, 6.45) is 3.02. The predicted octanol–water partition coefficient (Wildman–Crippen LogP) is 1.36. The lowest BCUT2D eigenvalue weighted by atomic mass is 10.2. The van der Waals surface area contributed by atoms with Gasteiger partial charge in [0.05, 0.1) is 12.2 Å². The zero-order chi connectivity index (χ0) is 12.0. The zero-order valence-corrected chi connectivity index (χ0v) is 9.52. The van der Waals surface area contributed by atoms with Crippen LogP contribution in [0.2, 0.25) is 5.15 Å². The average molecular weight is 241 g/mol. The van der Waals surface area contributed by atoms with Crippen molar-refractivity contribution in [2.24, 2.45) is 0 Å². The number of aromatic nitrogens is 1. The van der Waals surface area contributed by atoms with E-state index in [9.17, 15) is 4.79 Å². The van der Waals surface area contributed by atoms with E-state index in [2.05, 4.69) is 11.6 Å². The SMILES string of the molecule is C=CCN(CCO)C(=O)c1ccc(Cl)nc1. The van der Waals surface area contributed by atoms with Gasteiger partial charge in [-0.25, -0.2) is 4.98 Å². The van der Waals surface area contributed by atoms with E-state index in [1.165, 1.54) is 11.1 Å². The predicted molar refractivity (Wildman–Crippen MR) is 62.4 cm³/mol. The molecule has 0 saturated heterocycles. The fourth-order valence-corrected chi connectivity index (χ4v) is 1.35. The highest BCUT2D eigenvalue weighted by atomic mass is 35.5. The Morgan fingerprint density at radius 3 is 2.88 bits per heavy atom. The average Bonchev–Trinajstić information content (AvgIpc) is 2.29. The third-order valence-electron chi connectivity index (χ3n) is 1.98. The van der Waals surface area contributed by atoms with Crippen LogP contribution in [0.5, 0.6) is 0 Å². The molecule has 1 N–H and O–H groups in total. The molecule has 1 rings (SSSR count). The van der Waals surface area contributed by atoms with Crippen LogP contribution in [0.4, 0.5) is 0 Å². The van der Waals surface area contributed by atoms with Crippen LogP contribution in [0.3, 0.4) is 0 Å². The Morgan fingerprint density at radius 1 is 1.62 bits per heavy atom. The van der Waals surface area contributed by atoms with E-state index in [-0.39, 0.29) is 19.1 Å². The smallest absolute Gasteiger partial charge is 0.255 e. The van der Waals surface area contributed by atoms with E-state index in [1.54, 1.807) is 18.2 Å². The molecular formula is C11H13ClN2O2. The van der Waals surface area contributed by atoms with Gasteiger partial charge in [-0.1, -0.05) is 17.7 Å². The molecular weight excluding hydrogens is 228 g/mol. The molecule has 16 heavy (non-hydrogen) atoms. The fourth-order valence-electron chi connectivity index (χ4n) is 1.24. The summed E-state index contributed by atoms with van der Waals surface area (Å²) in [6.45, 7) is 4.14. The van der Waals surface area contributed by atoms with Gasteiger partial charge in [0.1, 0.15) is 5.15 Å². The van der Waals surface area contributed by atoms with Crippen molar-refractivity contribution in [3.63, 3.8) is 0 Å². The van der Waals surface area contributed by atoms with Crippen molar-refractivity contribution in [1.29, 1.82) is 0 Å². The van der Waals surface area contributed by atoms with Gasteiger partial charge >= 0.3 is 0 Å². The zero-order valence-electron chi connectivity index (χ0n) is 8.77. The van der Waals surface area contributed by atoms with E-state index in [4.69, 9.17) is 16.7 Å². The van der Waals surface area contributed by atoms with Crippen molar-refractivity contribution in [3.8, 4) is 0 Å². The molecule has 0 atom stereocenters. The number of carbonyl (C=O) groups is 1. The highest BCUT2D eigenvalue weighted by Crippen LogP contribution is 2.08. The van der Waals surface area contributed by atoms with Crippen molar-refractivity contribution >= 4 is 17.5 Å². The van der Waals surface area contributed by atoms with Gasteiger partial charge in [0.15, 0.2) is 0 Å². The summed E-state index contributed by atoms with van der Waals surface area (Å²) in [5.41, 5.74) is 0.444. The second-order valence-corrected chi connectivity index (χ2v) is 3.52. The third-order valence-corrected chi connectivity index (χ3v) is 2.20. The van der Waals surface area contributed by atoms with Crippen LogP contribution in [0.25, 0.3) is 0 Å². The largest absolute Gasteiger partial charge is 0.395 e. The second kappa shape index (κ2) is 6.25. The summed E-state index contributed by atoms with van der Waals surface area (Å²) in [6, 6.07) is 3.16. The Hall–Kier alpha value is -1.39. The summed E-state index contributed by atoms with van der Waals surface area (Å²) in [5.74, 6) is -0.196. The molecule has 4 nitrogen and oxygen atoms in total.